The molecule has 5 heteroatoms. The van der Waals surface area contributed by atoms with Gasteiger partial charge in [0.25, 0.3) is 0 Å². The van der Waals surface area contributed by atoms with Crippen LogP contribution in [0.25, 0.3) is 0 Å². The number of nitrogens with zero attached hydrogens (tertiary/aromatic N) is 1. The summed E-state index contributed by atoms with van der Waals surface area (Å²) in [7, 11) is 0. The van der Waals surface area contributed by atoms with Crippen LogP contribution in [-0.2, 0) is 16.1 Å². The number of ether oxygens (including phenoxy) is 2. The standard InChI is InChI=1S/C14H20N2O3/c1-2-6-19-14(17)10-16-5-7-18-13-8-11(9-15)3-4-12(13)16/h3-4,8H,2,5-7,9-10,15H2,1H3. The van der Waals surface area contributed by atoms with E-state index in [1.807, 2.05) is 30.0 Å². The van der Waals surface area contributed by atoms with Gasteiger partial charge in [0.2, 0.25) is 0 Å². The second kappa shape index (κ2) is 6.43. The predicted octanol–water partition coefficient (Wildman–Crippen LogP) is 1.30. The van der Waals surface area contributed by atoms with Crippen LogP contribution in [0.5, 0.6) is 5.75 Å². The number of nitrogens with two attached hydrogens (primary N) is 1. The molecule has 2 N–H and O–H groups in total. The van der Waals surface area contributed by atoms with E-state index < -0.39 is 0 Å². The fourth-order valence-corrected chi connectivity index (χ4v) is 2.03. The molecular weight excluding hydrogens is 244 g/mol. The summed E-state index contributed by atoms with van der Waals surface area (Å²) in [4.78, 5) is 13.7. The highest BCUT2D eigenvalue weighted by molar-refractivity contribution is 5.77. The largest absolute Gasteiger partial charge is 0.490 e. The third kappa shape index (κ3) is 3.38. The first-order chi connectivity index (χ1) is 9.24. The smallest absolute Gasteiger partial charge is 0.325 e. The van der Waals surface area contributed by atoms with E-state index in [-0.39, 0.29) is 12.5 Å². The number of hydrogen-bond donors (Lipinski definition) is 1. The van der Waals surface area contributed by atoms with Crippen LogP contribution in [-0.4, -0.2) is 32.3 Å². The van der Waals surface area contributed by atoms with E-state index in [9.17, 15) is 4.79 Å². The Morgan fingerprint density at radius 2 is 2.37 bits per heavy atom. The fourth-order valence-electron chi connectivity index (χ4n) is 2.03. The van der Waals surface area contributed by atoms with Crippen molar-refractivity contribution in [1.82, 2.24) is 0 Å². The monoisotopic (exact) mass is 264 g/mol. The molecule has 0 saturated heterocycles. The Hall–Kier alpha value is -1.75. The molecule has 0 spiro atoms. The van der Waals surface area contributed by atoms with E-state index in [0.29, 0.717) is 26.3 Å². The van der Waals surface area contributed by atoms with Crippen molar-refractivity contribution in [3.8, 4) is 5.75 Å². The Bertz CT molecular complexity index is 448. The van der Waals surface area contributed by atoms with Gasteiger partial charge in [-0.25, -0.2) is 0 Å². The number of hydrogen-bond acceptors (Lipinski definition) is 5. The molecule has 0 aliphatic carbocycles. The molecule has 0 atom stereocenters. The molecule has 19 heavy (non-hydrogen) atoms. The molecule has 1 aromatic rings. The first-order valence-electron chi connectivity index (χ1n) is 6.61. The van der Waals surface area contributed by atoms with Gasteiger partial charge >= 0.3 is 5.97 Å². The van der Waals surface area contributed by atoms with E-state index >= 15 is 0 Å². The lowest BCUT2D eigenvalue weighted by Gasteiger charge is -2.30. The molecule has 0 amide bonds. The van der Waals surface area contributed by atoms with Crippen molar-refractivity contribution in [2.45, 2.75) is 19.9 Å². The van der Waals surface area contributed by atoms with Gasteiger partial charge < -0.3 is 20.1 Å². The van der Waals surface area contributed by atoms with Crippen molar-refractivity contribution in [3.63, 3.8) is 0 Å². The highest BCUT2D eigenvalue weighted by Gasteiger charge is 2.20. The van der Waals surface area contributed by atoms with Crippen molar-refractivity contribution < 1.29 is 14.3 Å². The van der Waals surface area contributed by atoms with Crippen LogP contribution in [0, 0.1) is 0 Å². The highest BCUT2D eigenvalue weighted by atomic mass is 16.5. The molecule has 5 nitrogen and oxygen atoms in total. The van der Waals surface area contributed by atoms with E-state index in [0.717, 1.165) is 23.4 Å². The average molecular weight is 264 g/mol. The summed E-state index contributed by atoms with van der Waals surface area (Å²) in [5.41, 5.74) is 7.56. The number of esters is 1. The molecule has 0 bridgehead atoms. The van der Waals surface area contributed by atoms with Gasteiger partial charge in [0, 0.05) is 6.54 Å². The molecule has 1 aliphatic rings. The zero-order valence-corrected chi connectivity index (χ0v) is 11.2. The maximum Gasteiger partial charge on any atom is 0.325 e. The fraction of sp³-hybridized carbons (Fsp3) is 0.500. The van der Waals surface area contributed by atoms with Gasteiger partial charge in [-0.1, -0.05) is 13.0 Å². The predicted molar refractivity (Wildman–Crippen MR) is 73.3 cm³/mol. The number of fused-ring (bicyclic) bond motifs is 1. The number of rotatable bonds is 5. The van der Waals surface area contributed by atoms with Gasteiger partial charge in [-0.3, -0.25) is 4.79 Å². The molecule has 1 heterocycles. The minimum atomic E-state index is -0.197. The van der Waals surface area contributed by atoms with Gasteiger partial charge in [0.15, 0.2) is 0 Å². The second-order valence-electron chi connectivity index (χ2n) is 4.50. The third-order valence-corrected chi connectivity index (χ3v) is 3.01. The quantitative estimate of drug-likeness (QED) is 0.812. The Morgan fingerprint density at radius 1 is 1.53 bits per heavy atom. The zero-order chi connectivity index (χ0) is 13.7. The average Bonchev–Trinajstić information content (AvgIpc) is 2.44. The molecule has 0 unspecified atom stereocenters. The molecule has 0 aromatic heterocycles. The van der Waals surface area contributed by atoms with Crippen LogP contribution in [0.3, 0.4) is 0 Å². The Kier molecular flexibility index (Phi) is 4.63. The summed E-state index contributed by atoms with van der Waals surface area (Å²) in [5.74, 6) is 0.593. The molecule has 0 fully saturated rings. The van der Waals surface area contributed by atoms with Crippen LogP contribution in [0.1, 0.15) is 18.9 Å². The maximum atomic E-state index is 11.7. The van der Waals surface area contributed by atoms with Crippen LogP contribution >= 0.6 is 0 Å². The Labute approximate surface area is 113 Å². The van der Waals surface area contributed by atoms with Crippen molar-refractivity contribution in [2.24, 2.45) is 5.73 Å². The van der Waals surface area contributed by atoms with E-state index in [1.165, 1.54) is 0 Å². The summed E-state index contributed by atoms with van der Waals surface area (Å²) in [5, 5.41) is 0. The lowest BCUT2D eigenvalue weighted by Crippen LogP contribution is -2.37. The van der Waals surface area contributed by atoms with Crippen LogP contribution in [0.2, 0.25) is 0 Å². The summed E-state index contributed by atoms with van der Waals surface area (Å²) in [6, 6.07) is 5.83. The van der Waals surface area contributed by atoms with Gasteiger partial charge in [0.05, 0.1) is 18.8 Å². The van der Waals surface area contributed by atoms with Crippen molar-refractivity contribution in [2.75, 3.05) is 31.2 Å². The molecular formula is C14H20N2O3. The van der Waals surface area contributed by atoms with Crippen LogP contribution in [0.4, 0.5) is 5.69 Å². The number of anilines is 1. The normalized spacial score (nSPS) is 13.7. The van der Waals surface area contributed by atoms with E-state index in [4.69, 9.17) is 15.2 Å². The van der Waals surface area contributed by atoms with Crippen LogP contribution < -0.4 is 15.4 Å². The zero-order valence-electron chi connectivity index (χ0n) is 11.2. The second-order valence-corrected chi connectivity index (χ2v) is 4.50. The topological polar surface area (TPSA) is 64.8 Å². The number of benzene rings is 1. The Morgan fingerprint density at radius 3 is 3.11 bits per heavy atom. The molecule has 0 saturated carbocycles. The summed E-state index contributed by atoms with van der Waals surface area (Å²) in [6.45, 7) is 4.46. The number of carbonyl (C=O) groups excluding carboxylic acids is 1. The van der Waals surface area contributed by atoms with Crippen molar-refractivity contribution in [3.05, 3.63) is 23.8 Å². The minimum Gasteiger partial charge on any atom is -0.490 e. The van der Waals surface area contributed by atoms with Gasteiger partial charge in [-0.2, -0.15) is 0 Å². The molecule has 1 aromatic carbocycles. The third-order valence-electron chi connectivity index (χ3n) is 3.01. The summed E-state index contributed by atoms with van der Waals surface area (Å²) >= 11 is 0. The maximum absolute atomic E-state index is 11.7. The molecule has 1 aliphatic heterocycles. The lowest BCUT2D eigenvalue weighted by molar-refractivity contribution is -0.142. The first kappa shape index (κ1) is 13.7. The van der Waals surface area contributed by atoms with Gasteiger partial charge in [-0.15, -0.1) is 0 Å². The number of carbonyl (C=O) groups is 1. The minimum absolute atomic E-state index is 0.197. The van der Waals surface area contributed by atoms with Gasteiger partial charge in [0.1, 0.15) is 18.9 Å². The summed E-state index contributed by atoms with van der Waals surface area (Å²) < 4.78 is 10.7. The first-order valence-corrected chi connectivity index (χ1v) is 6.61. The van der Waals surface area contributed by atoms with Gasteiger partial charge in [-0.05, 0) is 24.1 Å². The Balaban J connectivity index is 2.07. The molecule has 2 rings (SSSR count). The van der Waals surface area contributed by atoms with Crippen molar-refractivity contribution >= 4 is 11.7 Å². The summed E-state index contributed by atoms with van der Waals surface area (Å²) in [6.07, 6.45) is 0.839. The van der Waals surface area contributed by atoms with Crippen molar-refractivity contribution in [1.29, 1.82) is 0 Å². The SMILES string of the molecule is CCCOC(=O)CN1CCOc2cc(CN)ccc21. The highest BCUT2D eigenvalue weighted by Crippen LogP contribution is 2.32. The molecule has 0 radical (unpaired) electrons. The van der Waals surface area contributed by atoms with Crippen LogP contribution in [0.15, 0.2) is 18.2 Å². The van der Waals surface area contributed by atoms with E-state index in [1.54, 1.807) is 0 Å². The van der Waals surface area contributed by atoms with E-state index in [2.05, 4.69) is 0 Å². The molecule has 104 valence electrons. The lowest BCUT2D eigenvalue weighted by atomic mass is 10.1.